The van der Waals surface area contributed by atoms with Crippen molar-refractivity contribution in [2.75, 3.05) is 6.54 Å². The van der Waals surface area contributed by atoms with Gasteiger partial charge in [0.1, 0.15) is 6.17 Å². The number of rotatable bonds is 37. The zero-order chi connectivity index (χ0) is 34.7. The SMILES string of the molecule is CCCCCCCCCCCCCCCCCCCC1N(CCCCCCCCCCCCCCCCCC)C=CN1Cc1ccccc1. The smallest absolute Gasteiger partial charge is 0.101 e. The highest BCUT2D eigenvalue weighted by molar-refractivity contribution is 5.16. The van der Waals surface area contributed by atoms with Crippen molar-refractivity contribution < 1.29 is 0 Å². The summed E-state index contributed by atoms with van der Waals surface area (Å²) in [7, 11) is 0. The molecule has 1 unspecified atom stereocenters. The van der Waals surface area contributed by atoms with E-state index in [4.69, 9.17) is 0 Å². The maximum absolute atomic E-state index is 2.68. The number of hydrogen-bond donors (Lipinski definition) is 0. The zero-order valence-corrected chi connectivity index (χ0v) is 33.5. The molecule has 1 aromatic rings. The van der Waals surface area contributed by atoms with E-state index in [-0.39, 0.29) is 0 Å². The van der Waals surface area contributed by atoms with Crippen molar-refractivity contribution in [3.05, 3.63) is 48.3 Å². The summed E-state index contributed by atoms with van der Waals surface area (Å²) in [5.41, 5.74) is 1.43. The summed E-state index contributed by atoms with van der Waals surface area (Å²) < 4.78 is 0. The van der Waals surface area contributed by atoms with E-state index < -0.39 is 0 Å². The van der Waals surface area contributed by atoms with Gasteiger partial charge in [-0.3, -0.25) is 0 Å². The largest absolute Gasteiger partial charge is 0.356 e. The molecule has 0 bridgehead atoms. The lowest BCUT2D eigenvalue weighted by Crippen LogP contribution is -2.38. The molecule has 0 fully saturated rings. The summed E-state index contributed by atoms with van der Waals surface area (Å²) >= 11 is 0. The minimum atomic E-state index is 0.549. The minimum absolute atomic E-state index is 0.549. The van der Waals surface area contributed by atoms with E-state index in [0.29, 0.717) is 6.17 Å². The number of hydrogen-bond acceptors (Lipinski definition) is 2. The van der Waals surface area contributed by atoms with Gasteiger partial charge in [0, 0.05) is 25.5 Å². The van der Waals surface area contributed by atoms with Crippen LogP contribution in [0.15, 0.2) is 42.7 Å². The Morgan fingerprint density at radius 2 is 0.694 bits per heavy atom. The lowest BCUT2D eigenvalue weighted by atomic mass is 10.0. The van der Waals surface area contributed by atoms with Crippen LogP contribution in [0.2, 0.25) is 0 Å². The Balaban J connectivity index is 1.48. The van der Waals surface area contributed by atoms with Crippen molar-refractivity contribution in [2.45, 2.75) is 245 Å². The van der Waals surface area contributed by atoms with Gasteiger partial charge in [0.15, 0.2) is 0 Å². The monoisotopic (exact) mass is 679 g/mol. The summed E-state index contributed by atoms with van der Waals surface area (Å²) in [6.45, 7) is 6.88. The Morgan fingerprint density at radius 3 is 1.08 bits per heavy atom. The number of benzene rings is 1. The third-order valence-corrected chi connectivity index (χ3v) is 11.3. The van der Waals surface area contributed by atoms with Gasteiger partial charge in [0.05, 0.1) is 0 Å². The Hall–Kier alpha value is -1.44. The minimum Gasteiger partial charge on any atom is -0.356 e. The first-order chi connectivity index (χ1) is 24.3. The molecule has 2 rings (SSSR count). The molecule has 0 amide bonds. The van der Waals surface area contributed by atoms with Crippen LogP contribution < -0.4 is 0 Å². The van der Waals surface area contributed by atoms with Crippen molar-refractivity contribution >= 4 is 0 Å². The van der Waals surface area contributed by atoms with E-state index in [1.165, 1.54) is 230 Å². The predicted molar refractivity (Wildman–Crippen MR) is 220 cm³/mol. The second-order valence-corrected chi connectivity index (χ2v) is 15.9. The molecule has 284 valence electrons. The lowest BCUT2D eigenvalue weighted by Gasteiger charge is -2.33. The van der Waals surface area contributed by atoms with Gasteiger partial charge in [-0.25, -0.2) is 0 Å². The third kappa shape index (κ3) is 25.2. The van der Waals surface area contributed by atoms with Crippen LogP contribution in [0.4, 0.5) is 0 Å². The van der Waals surface area contributed by atoms with Crippen molar-refractivity contribution in [1.29, 1.82) is 0 Å². The molecular formula is C47H86N2. The topological polar surface area (TPSA) is 6.48 Å². The summed E-state index contributed by atoms with van der Waals surface area (Å²) in [5.74, 6) is 0. The van der Waals surface area contributed by atoms with Crippen LogP contribution in [0.25, 0.3) is 0 Å². The van der Waals surface area contributed by atoms with E-state index in [2.05, 4.69) is 66.4 Å². The fourth-order valence-electron chi connectivity index (χ4n) is 7.96. The van der Waals surface area contributed by atoms with Crippen LogP contribution in [0.5, 0.6) is 0 Å². The molecule has 0 saturated heterocycles. The zero-order valence-electron chi connectivity index (χ0n) is 33.5. The average molecular weight is 679 g/mol. The molecule has 0 aliphatic carbocycles. The van der Waals surface area contributed by atoms with Crippen LogP contribution in [0, 0.1) is 0 Å². The predicted octanol–water partition coefficient (Wildman–Crippen LogP) is 15.9. The first-order valence-corrected chi connectivity index (χ1v) is 22.6. The Labute approximate surface area is 308 Å². The van der Waals surface area contributed by atoms with E-state index in [0.717, 1.165) is 6.54 Å². The Morgan fingerprint density at radius 1 is 0.367 bits per heavy atom. The highest BCUT2D eigenvalue weighted by Crippen LogP contribution is 2.25. The fraction of sp³-hybridized carbons (Fsp3) is 0.830. The maximum atomic E-state index is 2.68. The van der Waals surface area contributed by atoms with Crippen molar-refractivity contribution in [3.63, 3.8) is 0 Å². The maximum Gasteiger partial charge on any atom is 0.101 e. The average Bonchev–Trinajstić information content (AvgIpc) is 3.50. The molecule has 2 nitrogen and oxygen atoms in total. The van der Waals surface area contributed by atoms with E-state index in [1.54, 1.807) is 0 Å². The highest BCUT2D eigenvalue weighted by atomic mass is 15.4. The summed E-state index contributed by atoms with van der Waals surface area (Å²) in [5, 5.41) is 0. The molecule has 0 aromatic heterocycles. The van der Waals surface area contributed by atoms with Gasteiger partial charge in [-0.05, 0) is 24.8 Å². The first kappa shape index (κ1) is 43.7. The van der Waals surface area contributed by atoms with E-state index in [1.807, 2.05) is 0 Å². The molecular weight excluding hydrogens is 593 g/mol. The molecule has 0 N–H and O–H groups in total. The molecule has 1 atom stereocenters. The molecule has 0 radical (unpaired) electrons. The van der Waals surface area contributed by atoms with Gasteiger partial charge in [-0.15, -0.1) is 0 Å². The van der Waals surface area contributed by atoms with E-state index in [9.17, 15) is 0 Å². The molecule has 1 aliphatic heterocycles. The third-order valence-electron chi connectivity index (χ3n) is 11.3. The van der Waals surface area contributed by atoms with Gasteiger partial charge in [0.25, 0.3) is 0 Å². The molecule has 1 aliphatic rings. The molecule has 1 aromatic carbocycles. The normalized spacial score (nSPS) is 14.4. The van der Waals surface area contributed by atoms with Gasteiger partial charge in [-0.2, -0.15) is 0 Å². The highest BCUT2D eigenvalue weighted by Gasteiger charge is 2.25. The molecule has 49 heavy (non-hydrogen) atoms. The molecule has 1 heterocycles. The molecule has 2 heteroatoms. The number of unbranched alkanes of at least 4 members (excludes halogenated alkanes) is 31. The van der Waals surface area contributed by atoms with Crippen LogP contribution in [0.3, 0.4) is 0 Å². The molecule has 0 spiro atoms. The van der Waals surface area contributed by atoms with E-state index >= 15 is 0 Å². The standard InChI is InChI=1S/C47H86N2/c1-3-5-7-9-11-13-15-17-19-21-22-24-26-28-30-32-37-41-47-48(43-44-49(47)45-46-39-35-34-36-40-46)42-38-33-31-29-27-25-23-20-18-16-14-12-10-8-6-4-2/h34-36,39-40,43-44,47H,3-33,37-38,41-42,45H2,1-2H3. The van der Waals surface area contributed by atoms with Gasteiger partial charge < -0.3 is 9.80 Å². The number of nitrogens with zero attached hydrogens (tertiary/aromatic N) is 2. The van der Waals surface area contributed by atoms with Crippen molar-refractivity contribution in [3.8, 4) is 0 Å². The Kier molecular flexibility index (Phi) is 30.1. The second kappa shape index (κ2) is 33.7. The van der Waals surface area contributed by atoms with Crippen LogP contribution in [-0.4, -0.2) is 22.5 Å². The first-order valence-electron chi connectivity index (χ1n) is 22.6. The summed E-state index contributed by atoms with van der Waals surface area (Å²) in [4.78, 5) is 5.30. The van der Waals surface area contributed by atoms with Crippen LogP contribution in [0.1, 0.15) is 238 Å². The van der Waals surface area contributed by atoms with Crippen molar-refractivity contribution in [2.24, 2.45) is 0 Å². The lowest BCUT2D eigenvalue weighted by molar-refractivity contribution is 0.132. The van der Waals surface area contributed by atoms with Gasteiger partial charge in [-0.1, -0.05) is 243 Å². The second-order valence-electron chi connectivity index (χ2n) is 15.9. The summed E-state index contributed by atoms with van der Waals surface area (Å²) in [6, 6.07) is 11.1. The van der Waals surface area contributed by atoms with Gasteiger partial charge in [0.2, 0.25) is 0 Å². The molecule has 0 saturated carbocycles. The van der Waals surface area contributed by atoms with Gasteiger partial charge >= 0.3 is 0 Å². The summed E-state index contributed by atoms with van der Waals surface area (Å²) in [6.07, 6.45) is 54.3. The Bertz CT molecular complexity index is 819. The van der Waals surface area contributed by atoms with Crippen molar-refractivity contribution in [1.82, 2.24) is 9.80 Å². The quantitative estimate of drug-likeness (QED) is 0.0646. The fourth-order valence-corrected chi connectivity index (χ4v) is 7.96. The van der Waals surface area contributed by atoms with Crippen LogP contribution >= 0.6 is 0 Å². The van der Waals surface area contributed by atoms with Crippen LogP contribution in [-0.2, 0) is 6.54 Å².